The number of thiophene rings is 1. The van der Waals surface area contributed by atoms with Gasteiger partial charge in [-0.3, -0.25) is 0 Å². The van der Waals surface area contributed by atoms with Crippen LogP contribution < -0.4 is 0 Å². The van der Waals surface area contributed by atoms with E-state index in [1.807, 2.05) is 6.07 Å². The number of thioether (sulfide) groups is 1. The molecule has 0 aliphatic heterocycles. The molecule has 0 radical (unpaired) electrons. The minimum absolute atomic E-state index is 0.729. The number of rotatable bonds is 4. The van der Waals surface area contributed by atoms with Crippen molar-refractivity contribution in [1.29, 1.82) is 0 Å². The van der Waals surface area contributed by atoms with Gasteiger partial charge in [-0.25, -0.2) is 0 Å². The van der Waals surface area contributed by atoms with Gasteiger partial charge in [0.25, 0.3) is 0 Å². The lowest BCUT2D eigenvalue weighted by atomic mass is 10.1. The summed E-state index contributed by atoms with van der Waals surface area (Å²) in [6.45, 7) is 0. The van der Waals surface area contributed by atoms with Crippen molar-refractivity contribution in [3.8, 4) is 11.1 Å². The molecule has 3 nitrogen and oxygen atoms in total. The molecule has 0 aliphatic carbocycles. The summed E-state index contributed by atoms with van der Waals surface area (Å²) in [5.41, 5.74) is 2.52. The van der Waals surface area contributed by atoms with E-state index in [2.05, 4.69) is 45.9 Å². The predicted octanol–water partition coefficient (Wildman–Crippen LogP) is 4.09. The van der Waals surface area contributed by atoms with E-state index >= 15 is 0 Å². The average Bonchev–Trinajstić information content (AvgIpc) is 3.09. The van der Waals surface area contributed by atoms with E-state index in [0.717, 1.165) is 11.6 Å². The van der Waals surface area contributed by atoms with Crippen LogP contribution in [-0.2, 0) is 5.75 Å². The zero-order chi connectivity index (χ0) is 12.2. The van der Waals surface area contributed by atoms with E-state index in [4.69, 9.17) is 4.52 Å². The van der Waals surface area contributed by atoms with E-state index in [1.165, 1.54) is 21.7 Å². The quantitative estimate of drug-likeness (QED) is 0.672. The van der Waals surface area contributed by atoms with Gasteiger partial charge in [0.2, 0.25) is 6.39 Å². The zero-order valence-electron chi connectivity index (χ0n) is 9.45. The Kier molecular flexibility index (Phi) is 3.43. The molecule has 0 atom stereocenters. The smallest absolute Gasteiger partial charge is 0.213 e. The fraction of sp³-hybridized carbons (Fsp3) is 0.0769. The van der Waals surface area contributed by atoms with E-state index in [0.29, 0.717) is 0 Å². The topological polar surface area (TPSA) is 38.9 Å². The lowest BCUT2D eigenvalue weighted by molar-refractivity contribution is 0.412. The second-order valence-corrected chi connectivity index (χ2v) is 5.78. The molecule has 3 rings (SSSR count). The molecule has 18 heavy (non-hydrogen) atoms. The molecule has 0 N–H and O–H groups in total. The summed E-state index contributed by atoms with van der Waals surface area (Å²) < 4.78 is 6.01. The lowest BCUT2D eigenvalue weighted by Gasteiger charge is -2.02. The van der Waals surface area contributed by atoms with Crippen LogP contribution in [0.15, 0.2) is 56.9 Å². The Morgan fingerprint density at radius 1 is 1.17 bits per heavy atom. The van der Waals surface area contributed by atoms with Crippen molar-refractivity contribution in [2.24, 2.45) is 0 Å². The highest BCUT2D eigenvalue weighted by atomic mass is 32.2. The summed E-state index contributed by atoms with van der Waals surface area (Å²) in [4.78, 5) is 4.02. The van der Waals surface area contributed by atoms with Gasteiger partial charge in [0.05, 0.1) is 9.96 Å². The van der Waals surface area contributed by atoms with Crippen LogP contribution in [0.1, 0.15) is 5.82 Å². The standard InChI is InChI=1S/C13H10N2OS2/c1-2-4-10(5-3-1)11-6-7-17-13(11)18-8-12-14-9-16-15-12/h1-7,9H,8H2. The maximum absolute atomic E-state index is 4.73. The van der Waals surface area contributed by atoms with Gasteiger partial charge in [-0.1, -0.05) is 35.5 Å². The third kappa shape index (κ3) is 2.47. The molecule has 2 heterocycles. The van der Waals surface area contributed by atoms with E-state index in [-0.39, 0.29) is 0 Å². The van der Waals surface area contributed by atoms with Crippen LogP contribution in [0.25, 0.3) is 11.1 Å². The third-order valence-electron chi connectivity index (χ3n) is 2.45. The number of aromatic nitrogens is 2. The first-order valence-electron chi connectivity index (χ1n) is 5.44. The number of hydrogen-bond acceptors (Lipinski definition) is 5. The SMILES string of the molecule is c1ccc(-c2ccsc2SCc2ncon2)cc1. The van der Waals surface area contributed by atoms with Gasteiger partial charge >= 0.3 is 0 Å². The van der Waals surface area contributed by atoms with Gasteiger partial charge in [0.15, 0.2) is 5.82 Å². The molecule has 90 valence electrons. The Bertz CT molecular complexity index is 605. The molecule has 0 bridgehead atoms. The van der Waals surface area contributed by atoms with E-state index < -0.39 is 0 Å². The van der Waals surface area contributed by atoms with Crippen LogP contribution in [0.2, 0.25) is 0 Å². The van der Waals surface area contributed by atoms with E-state index in [1.54, 1.807) is 23.1 Å². The second-order valence-electron chi connectivity index (χ2n) is 3.62. The lowest BCUT2D eigenvalue weighted by Crippen LogP contribution is -1.82. The van der Waals surface area contributed by atoms with Crippen LogP contribution in [0, 0.1) is 0 Å². The molecule has 1 aromatic carbocycles. The highest BCUT2D eigenvalue weighted by molar-refractivity contribution is 8.00. The van der Waals surface area contributed by atoms with Crippen molar-refractivity contribution in [1.82, 2.24) is 10.1 Å². The third-order valence-corrected chi connectivity index (χ3v) is 4.69. The number of nitrogens with zero attached hydrogens (tertiary/aromatic N) is 2. The fourth-order valence-electron chi connectivity index (χ4n) is 1.63. The first-order chi connectivity index (χ1) is 8.93. The molecule has 0 amide bonds. The van der Waals surface area contributed by atoms with Crippen LogP contribution in [0.4, 0.5) is 0 Å². The second kappa shape index (κ2) is 5.37. The fourth-order valence-corrected chi connectivity index (χ4v) is 3.61. The van der Waals surface area contributed by atoms with Gasteiger partial charge in [-0.15, -0.1) is 23.1 Å². The average molecular weight is 274 g/mol. The molecular weight excluding hydrogens is 264 g/mol. The monoisotopic (exact) mass is 274 g/mol. The normalized spacial score (nSPS) is 10.7. The molecule has 0 spiro atoms. The molecule has 0 fully saturated rings. The Morgan fingerprint density at radius 3 is 2.83 bits per heavy atom. The molecule has 0 saturated carbocycles. The van der Waals surface area contributed by atoms with Crippen LogP contribution in [-0.4, -0.2) is 10.1 Å². The van der Waals surface area contributed by atoms with Gasteiger partial charge < -0.3 is 4.52 Å². The van der Waals surface area contributed by atoms with Crippen LogP contribution in [0.3, 0.4) is 0 Å². The van der Waals surface area contributed by atoms with Crippen molar-refractivity contribution in [2.75, 3.05) is 0 Å². The number of benzene rings is 1. The van der Waals surface area contributed by atoms with Crippen molar-refractivity contribution in [3.05, 3.63) is 54.0 Å². The summed E-state index contributed by atoms with van der Waals surface area (Å²) in [7, 11) is 0. The summed E-state index contributed by atoms with van der Waals surface area (Å²) in [6, 6.07) is 12.5. The minimum Gasteiger partial charge on any atom is -0.343 e. The maximum atomic E-state index is 4.73. The van der Waals surface area contributed by atoms with Gasteiger partial charge in [-0.05, 0) is 17.0 Å². The van der Waals surface area contributed by atoms with E-state index in [9.17, 15) is 0 Å². The first-order valence-corrected chi connectivity index (χ1v) is 7.31. The van der Waals surface area contributed by atoms with Crippen molar-refractivity contribution in [2.45, 2.75) is 9.96 Å². The highest BCUT2D eigenvalue weighted by Crippen LogP contribution is 2.37. The minimum atomic E-state index is 0.729. The van der Waals surface area contributed by atoms with Crippen molar-refractivity contribution < 1.29 is 4.52 Å². The summed E-state index contributed by atoms with van der Waals surface area (Å²) in [6.07, 6.45) is 1.36. The molecule has 5 heteroatoms. The molecule has 0 aliphatic rings. The zero-order valence-corrected chi connectivity index (χ0v) is 11.1. The Balaban J connectivity index is 1.80. The maximum Gasteiger partial charge on any atom is 0.213 e. The number of hydrogen-bond donors (Lipinski definition) is 0. The molecule has 3 aromatic rings. The largest absolute Gasteiger partial charge is 0.343 e. The Hall–Kier alpha value is -1.59. The summed E-state index contributed by atoms with van der Waals surface area (Å²) in [5, 5.41) is 5.93. The molecular formula is C13H10N2OS2. The van der Waals surface area contributed by atoms with Crippen LogP contribution >= 0.6 is 23.1 Å². The summed E-state index contributed by atoms with van der Waals surface area (Å²) in [5.74, 6) is 1.46. The van der Waals surface area contributed by atoms with Gasteiger partial charge in [0, 0.05) is 5.56 Å². The predicted molar refractivity (Wildman–Crippen MR) is 73.6 cm³/mol. The summed E-state index contributed by atoms with van der Waals surface area (Å²) >= 11 is 3.48. The van der Waals surface area contributed by atoms with Crippen molar-refractivity contribution in [3.63, 3.8) is 0 Å². The van der Waals surface area contributed by atoms with Gasteiger partial charge in [0.1, 0.15) is 0 Å². The molecule has 0 unspecified atom stereocenters. The highest BCUT2D eigenvalue weighted by Gasteiger charge is 2.08. The van der Waals surface area contributed by atoms with Crippen molar-refractivity contribution >= 4 is 23.1 Å². The Morgan fingerprint density at radius 2 is 2.06 bits per heavy atom. The first kappa shape index (κ1) is 11.5. The molecule has 2 aromatic heterocycles. The van der Waals surface area contributed by atoms with Crippen LogP contribution in [0.5, 0.6) is 0 Å². The molecule has 0 saturated heterocycles. The Labute approximate surface area is 113 Å². The van der Waals surface area contributed by atoms with Gasteiger partial charge in [-0.2, -0.15) is 4.98 Å².